The van der Waals surface area contributed by atoms with Gasteiger partial charge in [-0.25, -0.2) is 9.18 Å². The van der Waals surface area contributed by atoms with Gasteiger partial charge < -0.3 is 19.5 Å². The third-order valence-corrected chi connectivity index (χ3v) is 5.38. The molecule has 0 aromatic heterocycles. The van der Waals surface area contributed by atoms with Crippen LogP contribution in [0.25, 0.3) is 0 Å². The molecule has 2 heterocycles. The van der Waals surface area contributed by atoms with Crippen molar-refractivity contribution in [3.05, 3.63) is 29.3 Å². The Morgan fingerprint density at radius 1 is 1.19 bits per heavy atom. The number of rotatable bonds is 2. The summed E-state index contributed by atoms with van der Waals surface area (Å²) in [6.45, 7) is 5.41. The van der Waals surface area contributed by atoms with Gasteiger partial charge in [-0.05, 0) is 52.2 Å². The monoisotopic (exact) mass is 383 g/mol. The van der Waals surface area contributed by atoms with Crippen LogP contribution < -0.4 is 4.74 Å². The van der Waals surface area contributed by atoms with Crippen LogP contribution in [-0.4, -0.2) is 40.9 Å². The van der Waals surface area contributed by atoms with Gasteiger partial charge in [0.05, 0.1) is 12.7 Å². The number of piperidine rings is 2. The lowest BCUT2D eigenvalue weighted by Gasteiger charge is -2.51. The lowest BCUT2D eigenvalue weighted by atomic mass is 9.72. The Morgan fingerprint density at radius 3 is 2.30 bits per heavy atom. The number of aliphatic hydroxyl groups is 1. The van der Waals surface area contributed by atoms with Gasteiger partial charge in [0.1, 0.15) is 5.60 Å². The van der Waals surface area contributed by atoms with Crippen molar-refractivity contribution in [2.24, 2.45) is 0 Å². The fourth-order valence-electron chi connectivity index (χ4n) is 4.31. The predicted octanol–water partition coefficient (Wildman–Crippen LogP) is 4.11. The first kappa shape index (κ1) is 19.9. The van der Waals surface area contributed by atoms with E-state index in [1.807, 2.05) is 0 Å². The number of halogens is 2. The van der Waals surface area contributed by atoms with E-state index >= 15 is 0 Å². The van der Waals surface area contributed by atoms with Crippen molar-refractivity contribution in [1.82, 2.24) is 4.90 Å². The van der Waals surface area contributed by atoms with E-state index in [4.69, 9.17) is 9.47 Å². The molecule has 1 aromatic rings. The number of carbonyl (C=O) groups is 1. The molecule has 2 saturated heterocycles. The average molecular weight is 383 g/mol. The number of hydrogen-bond acceptors (Lipinski definition) is 4. The van der Waals surface area contributed by atoms with Gasteiger partial charge in [-0.15, -0.1) is 0 Å². The molecule has 0 saturated carbocycles. The Kier molecular flexibility index (Phi) is 5.10. The van der Waals surface area contributed by atoms with Gasteiger partial charge in [0.15, 0.2) is 11.6 Å². The number of amides is 1. The van der Waals surface area contributed by atoms with Gasteiger partial charge in [-0.3, -0.25) is 0 Å². The molecule has 7 heteroatoms. The summed E-state index contributed by atoms with van der Waals surface area (Å²) in [5.41, 5.74) is -2.24. The molecule has 2 bridgehead atoms. The second-order valence-corrected chi connectivity index (χ2v) is 8.51. The van der Waals surface area contributed by atoms with Crippen LogP contribution in [0.2, 0.25) is 0 Å². The van der Waals surface area contributed by atoms with Crippen LogP contribution in [0.15, 0.2) is 12.1 Å². The number of ether oxygens (including phenoxy) is 2. The van der Waals surface area contributed by atoms with E-state index in [0.29, 0.717) is 12.8 Å². The van der Waals surface area contributed by atoms with Gasteiger partial charge >= 0.3 is 6.09 Å². The summed E-state index contributed by atoms with van der Waals surface area (Å²) >= 11 is 0. The van der Waals surface area contributed by atoms with E-state index in [1.54, 1.807) is 25.7 Å². The second-order valence-electron chi connectivity index (χ2n) is 8.51. The highest BCUT2D eigenvalue weighted by molar-refractivity contribution is 5.69. The van der Waals surface area contributed by atoms with Crippen molar-refractivity contribution in [3.8, 4) is 5.75 Å². The summed E-state index contributed by atoms with van der Waals surface area (Å²) < 4.78 is 39.1. The molecule has 150 valence electrons. The Morgan fingerprint density at radius 2 is 1.78 bits per heavy atom. The summed E-state index contributed by atoms with van der Waals surface area (Å²) in [6, 6.07) is 2.14. The molecule has 1 aromatic carbocycles. The van der Waals surface area contributed by atoms with Crippen LogP contribution >= 0.6 is 0 Å². The smallest absolute Gasteiger partial charge is 0.410 e. The lowest BCUT2D eigenvalue weighted by molar-refractivity contribution is -0.0980. The molecule has 2 unspecified atom stereocenters. The fourth-order valence-corrected chi connectivity index (χ4v) is 4.31. The number of benzene rings is 1. The Hall–Kier alpha value is -1.89. The SMILES string of the molecule is COc1ccc(C2(O)CC3CCCC(C2)N3C(=O)OC(C)(C)C)c(F)c1F. The maximum Gasteiger partial charge on any atom is 0.410 e. The highest BCUT2D eigenvalue weighted by Crippen LogP contribution is 2.46. The quantitative estimate of drug-likeness (QED) is 0.835. The van der Waals surface area contributed by atoms with Crippen molar-refractivity contribution < 1.29 is 28.2 Å². The van der Waals surface area contributed by atoms with Crippen LogP contribution in [0.5, 0.6) is 5.75 Å². The molecule has 27 heavy (non-hydrogen) atoms. The molecule has 0 radical (unpaired) electrons. The molecule has 0 aliphatic carbocycles. The van der Waals surface area contributed by atoms with Gasteiger partial charge in [0.2, 0.25) is 5.82 Å². The standard InChI is InChI=1S/C20H27F2NO4/c1-19(2,3)27-18(24)23-12-6-5-7-13(23)11-20(25,10-12)14-8-9-15(26-4)17(22)16(14)21/h8-9,12-13,25H,5-7,10-11H2,1-4H3. The Bertz CT molecular complexity index is 717. The second kappa shape index (κ2) is 6.93. The third kappa shape index (κ3) is 3.74. The van der Waals surface area contributed by atoms with Gasteiger partial charge in [-0.1, -0.05) is 0 Å². The fraction of sp³-hybridized carbons (Fsp3) is 0.650. The summed E-state index contributed by atoms with van der Waals surface area (Å²) in [6.07, 6.45) is 2.18. The number of carbonyl (C=O) groups excluding carboxylic acids is 1. The van der Waals surface area contributed by atoms with E-state index < -0.39 is 28.9 Å². The molecular formula is C20H27F2NO4. The van der Waals surface area contributed by atoms with E-state index in [9.17, 15) is 18.7 Å². The molecule has 3 rings (SSSR count). The van der Waals surface area contributed by atoms with Gasteiger partial charge in [0.25, 0.3) is 0 Å². The normalized spacial score (nSPS) is 28.0. The van der Waals surface area contributed by atoms with E-state index in [2.05, 4.69) is 0 Å². The summed E-state index contributed by atoms with van der Waals surface area (Å²) in [5, 5.41) is 11.2. The number of methoxy groups -OCH3 is 1. The van der Waals surface area contributed by atoms with Crippen molar-refractivity contribution >= 4 is 6.09 Å². The molecule has 5 nitrogen and oxygen atoms in total. The number of hydrogen-bond donors (Lipinski definition) is 1. The molecule has 2 fully saturated rings. The maximum absolute atomic E-state index is 14.6. The molecule has 0 spiro atoms. The first-order chi connectivity index (χ1) is 12.6. The summed E-state index contributed by atoms with van der Waals surface area (Å²) in [5.74, 6) is -2.41. The van der Waals surface area contributed by atoms with Crippen LogP contribution in [-0.2, 0) is 10.3 Å². The minimum Gasteiger partial charge on any atom is -0.494 e. The summed E-state index contributed by atoms with van der Waals surface area (Å²) in [4.78, 5) is 14.3. The number of fused-ring (bicyclic) bond motifs is 2. The zero-order valence-corrected chi connectivity index (χ0v) is 16.2. The van der Waals surface area contributed by atoms with Crippen molar-refractivity contribution in [3.63, 3.8) is 0 Å². The Balaban J connectivity index is 1.90. The molecule has 2 aliphatic heterocycles. The Labute approximate surface area is 158 Å². The molecule has 2 atom stereocenters. The first-order valence-electron chi connectivity index (χ1n) is 9.32. The first-order valence-corrected chi connectivity index (χ1v) is 9.32. The van der Waals surface area contributed by atoms with Crippen molar-refractivity contribution in [2.75, 3.05) is 7.11 Å². The topological polar surface area (TPSA) is 59.0 Å². The maximum atomic E-state index is 14.6. The van der Waals surface area contributed by atoms with Gasteiger partial charge in [-0.2, -0.15) is 4.39 Å². The lowest BCUT2D eigenvalue weighted by Crippen LogP contribution is -2.59. The van der Waals surface area contributed by atoms with Crippen LogP contribution in [0.1, 0.15) is 58.4 Å². The van der Waals surface area contributed by atoms with Crippen LogP contribution in [0, 0.1) is 11.6 Å². The van der Waals surface area contributed by atoms with Gasteiger partial charge in [0, 0.05) is 30.5 Å². The summed E-state index contributed by atoms with van der Waals surface area (Å²) in [7, 11) is 1.26. The van der Waals surface area contributed by atoms with Crippen molar-refractivity contribution in [2.45, 2.75) is 76.2 Å². The molecule has 1 amide bonds. The van der Waals surface area contributed by atoms with Crippen LogP contribution in [0.3, 0.4) is 0 Å². The van der Waals surface area contributed by atoms with Crippen molar-refractivity contribution in [1.29, 1.82) is 0 Å². The largest absolute Gasteiger partial charge is 0.494 e. The minimum absolute atomic E-state index is 0.0819. The molecular weight excluding hydrogens is 356 g/mol. The highest BCUT2D eigenvalue weighted by Gasteiger charge is 2.50. The highest BCUT2D eigenvalue weighted by atomic mass is 19.2. The predicted molar refractivity (Wildman–Crippen MR) is 95.5 cm³/mol. The molecule has 2 aliphatic rings. The average Bonchev–Trinajstić information content (AvgIpc) is 2.54. The van der Waals surface area contributed by atoms with E-state index in [-0.39, 0.29) is 36.2 Å². The zero-order chi connectivity index (χ0) is 20.0. The zero-order valence-electron chi connectivity index (χ0n) is 16.2. The third-order valence-electron chi connectivity index (χ3n) is 5.38. The van der Waals surface area contributed by atoms with E-state index in [1.165, 1.54) is 19.2 Å². The minimum atomic E-state index is -1.54. The number of nitrogens with zero attached hydrogens (tertiary/aromatic N) is 1. The molecule has 1 N–H and O–H groups in total. The van der Waals surface area contributed by atoms with Crippen LogP contribution in [0.4, 0.5) is 13.6 Å². The van der Waals surface area contributed by atoms with E-state index in [0.717, 1.165) is 6.42 Å².